The number of rotatable bonds is 5. The van der Waals surface area contributed by atoms with Gasteiger partial charge in [-0.15, -0.1) is 0 Å². The summed E-state index contributed by atoms with van der Waals surface area (Å²) in [7, 11) is 0. The SMILES string of the molecule is CCC(c1nc2ccc(C)cc2[nH]1)N(CC)CC. The fourth-order valence-corrected chi connectivity index (χ4v) is 2.59. The molecule has 18 heavy (non-hydrogen) atoms. The van der Waals surface area contributed by atoms with Crippen molar-refractivity contribution in [1.29, 1.82) is 0 Å². The van der Waals surface area contributed by atoms with Crippen LogP contribution in [-0.4, -0.2) is 28.0 Å². The summed E-state index contributed by atoms with van der Waals surface area (Å²) in [5, 5.41) is 0. The molecule has 0 bridgehead atoms. The lowest BCUT2D eigenvalue weighted by molar-refractivity contribution is 0.206. The fraction of sp³-hybridized carbons (Fsp3) is 0.533. The minimum atomic E-state index is 0.396. The van der Waals surface area contributed by atoms with Crippen molar-refractivity contribution in [3.05, 3.63) is 29.6 Å². The molecule has 2 rings (SSSR count). The number of aromatic nitrogens is 2. The zero-order valence-electron chi connectivity index (χ0n) is 11.8. The zero-order valence-corrected chi connectivity index (χ0v) is 11.8. The molecule has 1 aromatic heterocycles. The van der Waals surface area contributed by atoms with Crippen LogP contribution in [0.2, 0.25) is 0 Å². The van der Waals surface area contributed by atoms with Gasteiger partial charge in [0.1, 0.15) is 5.82 Å². The van der Waals surface area contributed by atoms with Gasteiger partial charge in [0.05, 0.1) is 17.1 Å². The van der Waals surface area contributed by atoms with Crippen molar-refractivity contribution >= 4 is 11.0 Å². The number of nitrogens with one attached hydrogen (secondary N) is 1. The second-order valence-corrected chi connectivity index (χ2v) is 4.79. The number of fused-ring (bicyclic) bond motifs is 1. The standard InChI is InChI=1S/C15H23N3/c1-5-14(18(6-2)7-3)15-16-12-9-8-11(4)10-13(12)17-15/h8-10,14H,5-7H2,1-4H3,(H,16,17). The van der Waals surface area contributed by atoms with Gasteiger partial charge in [-0.05, 0) is 44.1 Å². The molecule has 1 atom stereocenters. The summed E-state index contributed by atoms with van der Waals surface area (Å²) >= 11 is 0. The Morgan fingerprint density at radius 2 is 1.94 bits per heavy atom. The summed E-state index contributed by atoms with van der Waals surface area (Å²) in [6.07, 6.45) is 1.08. The second kappa shape index (κ2) is 5.53. The number of imidazole rings is 1. The Balaban J connectivity index is 2.39. The van der Waals surface area contributed by atoms with Crippen LogP contribution in [0.1, 0.15) is 44.6 Å². The average Bonchev–Trinajstić information content (AvgIpc) is 2.78. The molecule has 0 aliphatic carbocycles. The first-order valence-corrected chi connectivity index (χ1v) is 6.89. The third-order valence-electron chi connectivity index (χ3n) is 3.61. The van der Waals surface area contributed by atoms with E-state index in [0.717, 1.165) is 36.4 Å². The number of hydrogen-bond donors (Lipinski definition) is 1. The predicted octanol–water partition coefficient (Wildman–Crippen LogP) is 3.66. The first-order valence-electron chi connectivity index (χ1n) is 6.89. The summed E-state index contributed by atoms with van der Waals surface area (Å²) in [5.74, 6) is 1.10. The molecule has 0 fully saturated rings. The highest BCUT2D eigenvalue weighted by atomic mass is 15.2. The molecule has 3 nitrogen and oxygen atoms in total. The van der Waals surface area contributed by atoms with Gasteiger partial charge in [0.25, 0.3) is 0 Å². The van der Waals surface area contributed by atoms with Crippen molar-refractivity contribution in [3.8, 4) is 0 Å². The summed E-state index contributed by atoms with van der Waals surface area (Å²) in [6.45, 7) is 10.9. The van der Waals surface area contributed by atoms with Crippen LogP contribution in [0.25, 0.3) is 11.0 Å². The second-order valence-electron chi connectivity index (χ2n) is 4.79. The van der Waals surface area contributed by atoms with Crippen molar-refractivity contribution in [3.63, 3.8) is 0 Å². The first-order chi connectivity index (χ1) is 8.69. The van der Waals surface area contributed by atoms with Gasteiger partial charge in [-0.2, -0.15) is 0 Å². The minimum absolute atomic E-state index is 0.396. The van der Waals surface area contributed by atoms with E-state index in [1.165, 1.54) is 5.56 Å². The van der Waals surface area contributed by atoms with Crippen LogP contribution in [-0.2, 0) is 0 Å². The zero-order chi connectivity index (χ0) is 13.1. The molecule has 0 saturated carbocycles. The Labute approximate surface area is 109 Å². The molecule has 0 radical (unpaired) electrons. The van der Waals surface area contributed by atoms with E-state index in [2.05, 4.69) is 55.8 Å². The highest BCUT2D eigenvalue weighted by Crippen LogP contribution is 2.24. The lowest BCUT2D eigenvalue weighted by atomic mass is 10.2. The number of aromatic amines is 1. The van der Waals surface area contributed by atoms with Crippen LogP contribution >= 0.6 is 0 Å². The quantitative estimate of drug-likeness (QED) is 0.871. The Bertz CT molecular complexity index is 511. The molecule has 0 aliphatic heterocycles. The van der Waals surface area contributed by atoms with E-state index in [1.807, 2.05) is 0 Å². The molecule has 0 saturated heterocycles. The average molecular weight is 245 g/mol. The lowest BCUT2D eigenvalue weighted by Gasteiger charge is -2.26. The van der Waals surface area contributed by atoms with Gasteiger partial charge >= 0.3 is 0 Å². The molecular formula is C15H23N3. The number of hydrogen-bond acceptors (Lipinski definition) is 2. The van der Waals surface area contributed by atoms with Crippen LogP contribution in [0.4, 0.5) is 0 Å². The van der Waals surface area contributed by atoms with Crippen LogP contribution in [0.5, 0.6) is 0 Å². The van der Waals surface area contributed by atoms with E-state index in [4.69, 9.17) is 4.98 Å². The number of H-pyrrole nitrogens is 1. The van der Waals surface area contributed by atoms with E-state index in [1.54, 1.807) is 0 Å². The van der Waals surface area contributed by atoms with E-state index in [9.17, 15) is 0 Å². The molecule has 1 unspecified atom stereocenters. The molecule has 3 heteroatoms. The maximum atomic E-state index is 4.74. The molecular weight excluding hydrogens is 222 g/mol. The molecule has 1 N–H and O–H groups in total. The summed E-state index contributed by atoms with van der Waals surface area (Å²) < 4.78 is 0. The van der Waals surface area contributed by atoms with E-state index in [0.29, 0.717) is 6.04 Å². The van der Waals surface area contributed by atoms with E-state index in [-0.39, 0.29) is 0 Å². The number of nitrogens with zero attached hydrogens (tertiary/aromatic N) is 2. The molecule has 0 amide bonds. The van der Waals surface area contributed by atoms with Crippen LogP contribution in [0.3, 0.4) is 0 Å². The maximum absolute atomic E-state index is 4.74. The Morgan fingerprint density at radius 3 is 2.56 bits per heavy atom. The van der Waals surface area contributed by atoms with Crippen LogP contribution in [0.15, 0.2) is 18.2 Å². The number of aryl methyl sites for hydroxylation is 1. The van der Waals surface area contributed by atoms with Crippen molar-refractivity contribution in [2.75, 3.05) is 13.1 Å². The third kappa shape index (κ3) is 2.41. The lowest BCUT2D eigenvalue weighted by Crippen LogP contribution is -2.28. The van der Waals surface area contributed by atoms with E-state index >= 15 is 0 Å². The smallest absolute Gasteiger partial charge is 0.124 e. The topological polar surface area (TPSA) is 31.9 Å². The van der Waals surface area contributed by atoms with Gasteiger partial charge in [0, 0.05) is 0 Å². The molecule has 1 aromatic carbocycles. The van der Waals surface area contributed by atoms with Gasteiger partial charge in [0.15, 0.2) is 0 Å². The van der Waals surface area contributed by atoms with Crippen LogP contribution in [0, 0.1) is 6.92 Å². The normalized spacial score (nSPS) is 13.4. The Hall–Kier alpha value is -1.35. The Kier molecular flexibility index (Phi) is 4.02. The number of benzene rings is 1. The molecule has 98 valence electrons. The highest BCUT2D eigenvalue weighted by molar-refractivity contribution is 5.75. The molecule has 0 spiro atoms. The first kappa shape index (κ1) is 13.1. The van der Waals surface area contributed by atoms with Crippen LogP contribution < -0.4 is 0 Å². The van der Waals surface area contributed by atoms with E-state index < -0.39 is 0 Å². The van der Waals surface area contributed by atoms with Crippen molar-refractivity contribution in [2.24, 2.45) is 0 Å². The Morgan fingerprint density at radius 1 is 1.22 bits per heavy atom. The molecule has 2 aromatic rings. The van der Waals surface area contributed by atoms with Crippen molar-refractivity contribution < 1.29 is 0 Å². The minimum Gasteiger partial charge on any atom is -0.341 e. The summed E-state index contributed by atoms with van der Waals surface area (Å²) in [6, 6.07) is 6.78. The third-order valence-corrected chi connectivity index (χ3v) is 3.61. The predicted molar refractivity (Wildman–Crippen MR) is 76.8 cm³/mol. The largest absolute Gasteiger partial charge is 0.341 e. The summed E-state index contributed by atoms with van der Waals surface area (Å²) in [4.78, 5) is 10.7. The van der Waals surface area contributed by atoms with Crippen molar-refractivity contribution in [2.45, 2.75) is 40.2 Å². The van der Waals surface area contributed by atoms with Crippen molar-refractivity contribution in [1.82, 2.24) is 14.9 Å². The fourth-order valence-electron chi connectivity index (χ4n) is 2.59. The van der Waals surface area contributed by atoms with Gasteiger partial charge < -0.3 is 4.98 Å². The highest BCUT2D eigenvalue weighted by Gasteiger charge is 2.19. The molecule has 1 heterocycles. The van der Waals surface area contributed by atoms with Gasteiger partial charge in [0.2, 0.25) is 0 Å². The molecule has 0 aliphatic rings. The monoisotopic (exact) mass is 245 g/mol. The summed E-state index contributed by atoms with van der Waals surface area (Å²) in [5.41, 5.74) is 3.49. The maximum Gasteiger partial charge on any atom is 0.124 e. The van der Waals surface area contributed by atoms with Gasteiger partial charge in [-0.1, -0.05) is 26.8 Å². The van der Waals surface area contributed by atoms with Gasteiger partial charge in [-0.25, -0.2) is 4.98 Å². The van der Waals surface area contributed by atoms with Gasteiger partial charge in [-0.3, -0.25) is 4.90 Å².